The first-order valence-corrected chi connectivity index (χ1v) is 5.82. The smallest absolute Gasteiger partial charge is 0.307 e. The van der Waals surface area contributed by atoms with E-state index in [2.05, 4.69) is 26.5 Å². The fourth-order valence-corrected chi connectivity index (χ4v) is 1.57. The molecular formula is C12H9BrN2O3. The number of carbonyl (C=O) groups excluding carboxylic acids is 1. The van der Waals surface area contributed by atoms with Crippen molar-refractivity contribution in [2.24, 2.45) is 5.10 Å². The van der Waals surface area contributed by atoms with E-state index < -0.39 is 5.91 Å². The van der Waals surface area contributed by atoms with Gasteiger partial charge in [0.25, 0.3) is 0 Å². The normalized spacial score (nSPS) is 10.7. The predicted octanol–water partition coefficient (Wildman–Crippen LogP) is 2.51. The molecule has 0 fully saturated rings. The molecule has 0 aliphatic heterocycles. The molecule has 0 spiro atoms. The van der Waals surface area contributed by atoms with Crippen molar-refractivity contribution in [2.45, 2.75) is 0 Å². The number of halogens is 1. The van der Waals surface area contributed by atoms with E-state index in [0.717, 1.165) is 0 Å². The summed E-state index contributed by atoms with van der Waals surface area (Å²) in [6, 6.07) is 9.66. The zero-order valence-corrected chi connectivity index (χ0v) is 10.7. The van der Waals surface area contributed by atoms with E-state index in [4.69, 9.17) is 4.42 Å². The van der Waals surface area contributed by atoms with Crippen LogP contribution in [-0.2, 0) is 0 Å². The third-order valence-corrected chi connectivity index (χ3v) is 2.47. The maximum atomic E-state index is 11.5. The molecule has 2 rings (SSSR count). The standard InChI is InChI=1S/C12H9BrN2O3/c13-11-5-4-10(18-11)12(17)15-14-7-8-2-1-3-9(16)6-8/h1-7,16H,(H,15,17). The summed E-state index contributed by atoms with van der Waals surface area (Å²) >= 11 is 3.10. The summed E-state index contributed by atoms with van der Waals surface area (Å²) in [5.74, 6) is -0.146. The molecule has 1 aromatic heterocycles. The highest BCUT2D eigenvalue weighted by Crippen LogP contribution is 2.13. The highest BCUT2D eigenvalue weighted by Gasteiger charge is 2.08. The largest absolute Gasteiger partial charge is 0.508 e. The Morgan fingerprint density at radius 1 is 1.39 bits per heavy atom. The number of rotatable bonds is 3. The van der Waals surface area contributed by atoms with Crippen molar-refractivity contribution in [1.82, 2.24) is 5.43 Å². The number of nitrogens with one attached hydrogen (secondary N) is 1. The van der Waals surface area contributed by atoms with Gasteiger partial charge in [0.2, 0.25) is 0 Å². The van der Waals surface area contributed by atoms with Crippen molar-refractivity contribution in [3.63, 3.8) is 0 Å². The number of aromatic hydroxyl groups is 1. The summed E-state index contributed by atoms with van der Waals surface area (Å²) in [6.07, 6.45) is 1.43. The van der Waals surface area contributed by atoms with Crippen LogP contribution >= 0.6 is 15.9 Å². The lowest BCUT2D eigenvalue weighted by Gasteiger charge is -1.96. The fraction of sp³-hybridized carbons (Fsp3) is 0. The Morgan fingerprint density at radius 3 is 2.89 bits per heavy atom. The van der Waals surface area contributed by atoms with E-state index in [1.165, 1.54) is 18.3 Å². The molecule has 1 aromatic carbocycles. The van der Waals surface area contributed by atoms with Crippen LogP contribution in [0.5, 0.6) is 5.75 Å². The van der Waals surface area contributed by atoms with Crippen molar-refractivity contribution < 1.29 is 14.3 Å². The van der Waals surface area contributed by atoms with Crippen molar-refractivity contribution in [3.8, 4) is 5.75 Å². The van der Waals surface area contributed by atoms with Crippen LogP contribution in [0.15, 0.2) is 50.6 Å². The quantitative estimate of drug-likeness (QED) is 0.676. The summed E-state index contributed by atoms with van der Waals surface area (Å²) in [5.41, 5.74) is 2.99. The number of hydrazone groups is 1. The zero-order valence-electron chi connectivity index (χ0n) is 9.13. The summed E-state index contributed by atoms with van der Waals surface area (Å²) in [4.78, 5) is 11.5. The average Bonchev–Trinajstić information content (AvgIpc) is 2.76. The van der Waals surface area contributed by atoms with Gasteiger partial charge < -0.3 is 9.52 Å². The van der Waals surface area contributed by atoms with Gasteiger partial charge in [-0.2, -0.15) is 5.10 Å². The molecule has 0 atom stereocenters. The predicted molar refractivity (Wildman–Crippen MR) is 69.6 cm³/mol. The van der Waals surface area contributed by atoms with Crippen molar-refractivity contribution >= 4 is 28.1 Å². The van der Waals surface area contributed by atoms with Gasteiger partial charge in [-0.3, -0.25) is 4.79 Å². The second-order valence-corrected chi connectivity index (χ2v) is 4.18. The molecule has 0 aliphatic carbocycles. The minimum Gasteiger partial charge on any atom is -0.508 e. The molecule has 0 unspecified atom stereocenters. The molecule has 18 heavy (non-hydrogen) atoms. The molecule has 2 N–H and O–H groups in total. The molecule has 2 aromatic rings. The van der Waals surface area contributed by atoms with Crippen molar-refractivity contribution in [2.75, 3.05) is 0 Å². The molecule has 0 radical (unpaired) electrons. The highest BCUT2D eigenvalue weighted by atomic mass is 79.9. The van der Waals surface area contributed by atoms with Gasteiger partial charge in [-0.15, -0.1) is 0 Å². The van der Waals surface area contributed by atoms with Crippen LogP contribution in [-0.4, -0.2) is 17.2 Å². The Bertz CT molecular complexity index is 593. The molecule has 6 heteroatoms. The second-order valence-electron chi connectivity index (χ2n) is 3.40. The number of amides is 1. The van der Waals surface area contributed by atoms with Crippen LogP contribution in [0.4, 0.5) is 0 Å². The minimum absolute atomic E-state index is 0.139. The van der Waals surface area contributed by atoms with E-state index in [1.807, 2.05) is 0 Å². The third kappa shape index (κ3) is 3.21. The Kier molecular flexibility index (Phi) is 3.78. The minimum atomic E-state index is -0.447. The van der Waals surface area contributed by atoms with Gasteiger partial charge in [-0.1, -0.05) is 12.1 Å². The van der Waals surface area contributed by atoms with Gasteiger partial charge in [0.1, 0.15) is 5.75 Å². The van der Waals surface area contributed by atoms with Gasteiger partial charge in [0, 0.05) is 0 Å². The zero-order chi connectivity index (χ0) is 13.0. The summed E-state index contributed by atoms with van der Waals surface area (Å²) < 4.78 is 5.53. The molecule has 1 heterocycles. The van der Waals surface area contributed by atoms with Crippen LogP contribution < -0.4 is 5.43 Å². The lowest BCUT2D eigenvalue weighted by Crippen LogP contribution is -2.16. The third-order valence-electron chi connectivity index (χ3n) is 2.05. The summed E-state index contributed by atoms with van der Waals surface area (Å²) in [7, 11) is 0. The van der Waals surface area contributed by atoms with Crippen LogP contribution in [0.2, 0.25) is 0 Å². The first-order valence-electron chi connectivity index (χ1n) is 5.03. The molecule has 0 saturated carbocycles. The van der Waals surface area contributed by atoms with Crippen LogP contribution in [0.25, 0.3) is 0 Å². The number of phenols is 1. The monoisotopic (exact) mass is 308 g/mol. The van der Waals surface area contributed by atoms with Crippen molar-refractivity contribution in [3.05, 3.63) is 52.4 Å². The first-order chi connectivity index (χ1) is 8.65. The van der Waals surface area contributed by atoms with Crippen LogP contribution in [0.1, 0.15) is 16.1 Å². The lowest BCUT2D eigenvalue weighted by molar-refractivity contribution is 0.0926. The lowest BCUT2D eigenvalue weighted by atomic mass is 10.2. The number of hydrogen-bond donors (Lipinski definition) is 2. The number of furan rings is 1. The molecule has 92 valence electrons. The molecule has 1 amide bonds. The molecule has 0 bridgehead atoms. The van der Waals surface area contributed by atoms with Crippen molar-refractivity contribution in [1.29, 1.82) is 0 Å². The first kappa shape index (κ1) is 12.4. The number of benzene rings is 1. The maximum absolute atomic E-state index is 11.5. The molecule has 0 saturated heterocycles. The number of carbonyl (C=O) groups is 1. The Hall–Kier alpha value is -2.08. The SMILES string of the molecule is O=C(NN=Cc1cccc(O)c1)c1ccc(Br)o1. The number of nitrogens with zero attached hydrogens (tertiary/aromatic N) is 1. The van der Waals surface area contributed by atoms with E-state index in [0.29, 0.717) is 10.2 Å². The van der Waals surface area contributed by atoms with Crippen LogP contribution in [0, 0.1) is 0 Å². The average molecular weight is 309 g/mol. The second kappa shape index (κ2) is 5.50. The van der Waals surface area contributed by atoms with Gasteiger partial charge in [-0.25, -0.2) is 5.43 Å². The molecule has 0 aliphatic rings. The van der Waals surface area contributed by atoms with E-state index in [9.17, 15) is 9.90 Å². The number of hydrogen-bond acceptors (Lipinski definition) is 4. The molecular weight excluding hydrogens is 300 g/mol. The van der Waals surface area contributed by atoms with E-state index in [-0.39, 0.29) is 11.5 Å². The Morgan fingerprint density at radius 2 is 2.22 bits per heavy atom. The van der Waals surface area contributed by atoms with Crippen LogP contribution in [0.3, 0.4) is 0 Å². The highest BCUT2D eigenvalue weighted by molar-refractivity contribution is 9.10. The topological polar surface area (TPSA) is 74.8 Å². The van der Waals surface area contributed by atoms with Gasteiger partial charge in [0.05, 0.1) is 6.21 Å². The summed E-state index contributed by atoms with van der Waals surface area (Å²) in [6.45, 7) is 0. The summed E-state index contributed by atoms with van der Waals surface area (Å²) in [5, 5.41) is 13.0. The van der Waals surface area contributed by atoms with E-state index in [1.54, 1.807) is 24.3 Å². The Balaban J connectivity index is 1.97. The molecule has 5 nitrogen and oxygen atoms in total. The van der Waals surface area contributed by atoms with Gasteiger partial charge >= 0.3 is 5.91 Å². The number of phenolic OH excluding ortho intramolecular Hbond substituents is 1. The fourth-order valence-electron chi connectivity index (χ4n) is 1.26. The van der Waals surface area contributed by atoms with E-state index >= 15 is 0 Å². The maximum Gasteiger partial charge on any atom is 0.307 e. The Labute approximate surface area is 111 Å². The van der Waals surface area contributed by atoms with Gasteiger partial charge in [0.15, 0.2) is 10.4 Å². The van der Waals surface area contributed by atoms with Gasteiger partial charge in [-0.05, 0) is 45.8 Å².